The van der Waals surface area contributed by atoms with E-state index in [1.54, 1.807) is 0 Å². The maximum absolute atomic E-state index is 12.6. The second kappa shape index (κ2) is 16.3. The molecule has 0 saturated carbocycles. The molecule has 0 spiro atoms. The minimum atomic E-state index is -5.54. The summed E-state index contributed by atoms with van der Waals surface area (Å²) in [5.41, 5.74) is 4.30. The summed E-state index contributed by atoms with van der Waals surface area (Å²) in [6, 6.07) is 0. The van der Waals surface area contributed by atoms with Crippen molar-refractivity contribution in [3.05, 3.63) is 12.7 Å². The van der Waals surface area contributed by atoms with Crippen LogP contribution in [0.1, 0.15) is 26.5 Å². The van der Waals surface area contributed by atoms with Crippen LogP contribution in [0.2, 0.25) is 0 Å². The van der Waals surface area contributed by atoms with Crippen LogP contribution in [0.3, 0.4) is 0 Å². The fourth-order valence-electron chi connectivity index (χ4n) is 4.14. The molecule has 3 heterocycles. The topological polar surface area (TPSA) is 347 Å². The molecule has 0 radical (unpaired) electrons. The smallest absolute Gasteiger partial charge is 0.386 e. The second-order valence-electron chi connectivity index (χ2n) is 10.8. The summed E-state index contributed by atoms with van der Waals surface area (Å²) in [6.07, 6.45) is -6.74. The third-order valence-corrected chi connectivity index (χ3v) is 9.83. The van der Waals surface area contributed by atoms with Crippen molar-refractivity contribution in [1.82, 2.24) is 30.2 Å². The Kier molecular flexibility index (Phi) is 13.7. The number of ether oxygens (including phenoxy) is 1. The van der Waals surface area contributed by atoms with Gasteiger partial charge in [0.15, 0.2) is 17.7 Å². The fourth-order valence-corrected chi connectivity index (χ4v) is 7.08. The van der Waals surface area contributed by atoms with Crippen LogP contribution in [0.25, 0.3) is 11.2 Å². The van der Waals surface area contributed by atoms with Crippen molar-refractivity contribution < 1.29 is 75.7 Å². The first-order valence-corrected chi connectivity index (χ1v) is 18.8. The summed E-state index contributed by atoms with van der Waals surface area (Å²) in [5.74, 6) is -0.943. The van der Waals surface area contributed by atoms with Gasteiger partial charge in [0.05, 0.1) is 19.5 Å². The van der Waals surface area contributed by atoms with Crippen molar-refractivity contribution >= 4 is 64.9 Å². The van der Waals surface area contributed by atoms with Crippen molar-refractivity contribution in [3.8, 4) is 0 Å². The molecular weight excluding hydrogens is 731 g/mol. The van der Waals surface area contributed by atoms with Crippen LogP contribution >= 0.6 is 36.1 Å². The molecular formula is C21H36N7O16P3S. The minimum absolute atomic E-state index is 0.0363. The second-order valence-corrected chi connectivity index (χ2v) is 15.5. The average molecular weight is 768 g/mol. The predicted molar refractivity (Wildman–Crippen MR) is 163 cm³/mol. The van der Waals surface area contributed by atoms with Gasteiger partial charge in [-0.3, -0.25) is 27.7 Å². The lowest BCUT2D eigenvalue weighted by atomic mass is 9.87. The van der Waals surface area contributed by atoms with E-state index in [1.165, 1.54) is 13.8 Å². The van der Waals surface area contributed by atoms with E-state index >= 15 is 0 Å². The predicted octanol–water partition coefficient (Wildman–Crippen LogP) is -1.67. The number of phosphoric ester groups is 3. The maximum Gasteiger partial charge on any atom is 0.481 e. The Morgan fingerprint density at radius 1 is 1.10 bits per heavy atom. The molecule has 23 nitrogen and oxygen atoms in total. The van der Waals surface area contributed by atoms with E-state index in [1.807, 2.05) is 0 Å². The van der Waals surface area contributed by atoms with Gasteiger partial charge in [0.1, 0.15) is 36.3 Å². The number of nitrogen functional groups attached to an aromatic ring is 1. The van der Waals surface area contributed by atoms with Gasteiger partial charge >= 0.3 is 23.5 Å². The number of nitrogens with two attached hydrogens (primary N) is 1. The number of anilines is 1. The number of nitrogens with one attached hydrogen (secondary N) is 2. The van der Waals surface area contributed by atoms with Crippen molar-refractivity contribution in [3.63, 3.8) is 0 Å². The molecule has 1 aliphatic heterocycles. The molecule has 2 amide bonds. The average Bonchev–Trinajstić information content (AvgIpc) is 3.54. The standard InChI is InChI=1S/C21H36N7O16P3S/c1-21(2,16(31)19(32)24-4-3-12(29)23-5-6-48)8-41-47(38,39)44-46(36,37)40-7-11-15(43-45(33,34)35)14(30)20(42-11)28-10-27-13-17(22)25-9-26-18(13)28/h9-11,14-16,20,30-31,48H,3-8H2,1-2H3,(H,23,29)(H,24,32)(H,36,37)(H,38,39)(H2,22,25,26)(H2,33,34,35)/t11-,14+,15+,16-,20+/m0/s1. The number of hydrogen-bond acceptors (Lipinski definition) is 17. The number of carbonyl (C=O) groups excluding carboxylic acids is 2. The van der Waals surface area contributed by atoms with Crippen LogP contribution in [-0.2, 0) is 45.9 Å². The highest BCUT2D eigenvalue weighted by molar-refractivity contribution is 7.80. The number of nitrogens with zero attached hydrogens (tertiary/aromatic N) is 4. The highest BCUT2D eigenvalue weighted by atomic mass is 32.1. The van der Waals surface area contributed by atoms with Crippen LogP contribution in [-0.4, -0.2) is 118 Å². The molecule has 10 N–H and O–H groups in total. The van der Waals surface area contributed by atoms with Crippen LogP contribution < -0.4 is 16.4 Å². The lowest BCUT2D eigenvalue weighted by Crippen LogP contribution is -2.46. The normalized spacial score (nSPS) is 23.4. The van der Waals surface area contributed by atoms with Gasteiger partial charge in [0.25, 0.3) is 0 Å². The zero-order valence-corrected chi connectivity index (χ0v) is 28.8. The fraction of sp³-hybridized carbons (Fsp3) is 0.667. The number of phosphoric acid groups is 3. The Balaban J connectivity index is 1.61. The Bertz CT molecular complexity index is 1590. The van der Waals surface area contributed by atoms with E-state index in [4.69, 9.17) is 19.5 Å². The molecule has 2 aromatic heterocycles. The summed E-state index contributed by atoms with van der Waals surface area (Å²) >= 11 is 3.95. The molecule has 27 heteroatoms. The first-order chi connectivity index (χ1) is 22.2. The molecule has 2 aromatic rings. The number of fused-ring (bicyclic) bond motifs is 1. The van der Waals surface area contributed by atoms with E-state index < -0.39 is 78.6 Å². The molecule has 0 bridgehead atoms. The first kappa shape index (κ1) is 40.3. The van der Waals surface area contributed by atoms with E-state index in [0.717, 1.165) is 17.2 Å². The van der Waals surface area contributed by atoms with Gasteiger partial charge < -0.3 is 50.9 Å². The summed E-state index contributed by atoms with van der Waals surface area (Å²) in [4.78, 5) is 74.6. The van der Waals surface area contributed by atoms with Crippen molar-refractivity contribution in [2.45, 2.75) is 50.9 Å². The minimum Gasteiger partial charge on any atom is -0.386 e. The molecule has 0 aromatic carbocycles. The number of rotatable bonds is 18. The Labute approximate surface area is 277 Å². The van der Waals surface area contributed by atoms with Crippen LogP contribution in [0.4, 0.5) is 5.82 Å². The number of amides is 2. The molecule has 1 saturated heterocycles. The molecule has 2 unspecified atom stereocenters. The monoisotopic (exact) mass is 767 g/mol. The quantitative estimate of drug-likeness (QED) is 0.0599. The van der Waals surface area contributed by atoms with E-state index in [-0.39, 0.29) is 35.9 Å². The SMILES string of the molecule is CC(C)(COP(=O)(O)OP(=O)(O)OC[C@@H]1O[C@@H](n2cnc3c(N)ncnc32)[C@H](O)[C@@H]1OP(=O)(O)O)[C@@H](O)C(=O)NCCC(=O)NCCS. The Morgan fingerprint density at radius 3 is 2.42 bits per heavy atom. The molecule has 1 aliphatic rings. The van der Waals surface area contributed by atoms with Gasteiger partial charge in [-0.25, -0.2) is 28.6 Å². The van der Waals surface area contributed by atoms with Crippen LogP contribution in [0, 0.1) is 5.41 Å². The largest absolute Gasteiger partial charge is 0.481 e. The molecule has 0 aliphatic carbocycles. The molecule has 272 valence electrons. The maximum atomic E-state index is 12.6. The molecule has 48 heavy (non-hydrogen) atoms. The highest BCUT2D eigenvalue weighted by Gasteiger charge is 2.50. The first-order valence-electron chi connectivity index (χ1n) is 13.7. The Morgan fingerprint density at radius 2 is 1.77 bits per heavy atom. The van der Waals surface area contributed by atoms with Crippen molar-refractivity contribution in [1.29, 1.82) is 0 Å². The van der Waals surface area contributed by atoms with Gasteiger partial charge in [0, 0.05) is 30.7 Å². The number of aliphatic hydroxyl groups excluding tert-OH is 2. The molecule has 7 atom stereocenters. The van der Waals surface area contributed by atoms with Gasteiger partial charge in [-0.15, -0.1) is 0 Å². The van der Waals surface area contributed by atoms with Crippen molar-refractivity contribution in [2.24, 2.45) is 5.41 Å². The van der Waals surface area contributed by atoms with Gasteiger partial charge in [0.2, 0.25) is 11.8 Å². The lowest BCUT2D eigenvalue weighted by Gasteiger charge is -2.30. The number of carbonyl (C=O) groups is 2. The summed E-state index contributed by atoms with van der Waals surface area (Å²) < 4.78 is 61.7. The third-order valence-electron chi connectivity index (χ3n) is 6.51. The van der Waals surface area contributed by atoms with E-state index in [0.29, 0.717) is 12.3 Å². The summed E-state index contributed by atoms with van der Waals surface area (Å²) in [6.45, 7) is 0.723. The van der Waals surface area contributed by atoms with Gasteiger partial charge in [-0.1, -0.05) is 13.8 Å². The number of aliphatic hydroxyl groups is 2. The number of imidazole rings is 1. The van der Waals surface area contributed by atoms with Crippen LogP contribution in [0.15, 0.2) is 12.7 Å². The third kappa shape index (κ3) is 11.2. The highest BCUT2D eigenvalue weighted by Crippen LogP contribution is 2.61. The zero-order valence-electron chi connectivity index (χ0n) is 25.2. The van der Waals surface area contributed by atoms with Gasteiger partial charge in [-0.2, -0.15) is 16.9 Å². The zero-order chi connectivity index (χ0) is 36.1. The van der Waals surface area contributed by atoms with Gasteiger partial charge in [-0.05, 0) is 0 Å². The summed E-state index contributed by atoms with van der Waals surface area (Å²) in [5, 5.41) is 26.1. The number of thiol groups is 1. The number of hydrogen-bond donors (Lipinski definition) is 10. The van der Waals surface area contributed by atoms with E-state index in [9.17, 15) is 53.1 Å². The van der Waals surface area contributed by atoms with Crippen LogP contribution in [0.5, 0.6) is 0 Å². The summed E-state index contributed by atoms with van der Waals surface area (Å²) in [7, 11) is -16.3. The lowest BCUT2D eigenvalue weighted by molar-refractivity contribution is -0.137. The number of aromatic nitrogens is 4. The van der Waals surface area contributed by atoms with E-state index in [2.05, 4.69) is 47.0 Å². The Hall–Kier alpha value is -2.11. The molecule has 3 rings (SSSR count). The van der Waals surface area contributed by atoms with Crippen molar-refractivity contribution in [2.75, 3.05) is 37.8 Å². The molecule has 1 fully saturated rings.